The lowest BCUT2D eigenvalue weighted by molar-refractivity contribution is 0.303. The van der Waals surface area contributed by atoms with E-state index in [4.69, 9.17) is 14.2 Å². The van der Waals surface area contributed by atoms with Gasteiger partial charge < -0.3 is 19.1 Å². The molecule has 0 saturated carbocycles. The number of rotatable bonds is 15. The Balaban J connectivity index is 0.000000605. The molecule has 0 spiro atoms. The molecule has 0 N–H and O–H groups in total. The normalized spacial score (nSPS) is 10.9. The molecule has 2 aromatic carbocycles. The third-order valence-electron chi connectivity index (χ3n) is 4.74. The van der Waals surface area contributed by atoms with Gasteiger partial charge in [0.25, 0.3) is 0 Å². The Morgan fingerprint density at radius 1 is 0.912 bits per heavy atom. The van der Waals surface area contributed by atoms with Crippen molar-refractivity contribution in [2.45, 2.75) is 39.0 Å². The van der Waals surface area contributed by atoms with Crippen LogP contribution >= 0.6 is 11.8 Å². The van der Waals surface area contributed by atoms with E-state index >= 15 is 0 Å². The molecule has 0 atom stereocenters. The minimum atomic E-state index is 0.491. The van der Waals surface area contributed by atoms with Gasteiger partial charge >= 0.3 is 0 Å². The smallest absolute Gasteiger partial charge is 0.241 e. The van der Waals surface area contributed by atoms with Crippen LogP contribution in [0.2, 0.25) is 0 Å². The van der Waals surface area contributed by atoms with Crippen LogP contribution in [0.15, 0.2) is 64.8 Å². The second-order valence-corrected chi connectivity index (χ2v) is 8.98. The van der Waals surface area contributed by atoms with Crippen LogP contribution in [-0.2, 0) is 4.74 Å². The largest absolute Gasteiger partial charge is 0.497 e. The predicted octanol–water partition coefficient (Wildman–Crippen LogP) is 6.36. The summed E-state index contributed by atoms with van der Waals surface area (Å²) in [4.78, 5) is 2.24. The highest BCUT2D eigenvalue weighted by atomic mass is 32.2. The number of benzene rings is 2. The summed E-state index contributed by atoms with van der Waals surface area (Å²) in [6, 6.07) is 17.5. The number of hydrogen-bond donors (Lipinski definition) is 0. The summed E-state index contributed by atoms with van der Waals surface area (Å²) in [5, 5.41) is 7.55. The van der Waals surface area contributed by atoms with Gasteiger partial charge in [-0.05, 0) is 75.6 Å². The van der Waals surface area contributed by atoms with E-state index in [9.17, 15) is 0 Å². The first-order valence-corrected chi connectivity index (χ1v) is 13.0. The number of hydrogen-bond acceptors (Lipinski definition) is 7. The van der Waals surface area contributed by atoms with Crippen LogP contribution in [0.5, 0.6) is 11.5 Å². The zero-order chi connectivity index (χ0) is 24.9. The van der Waals surface area contributed by atoms with E-state index in [1.165, 1.54) is 32.2 Å². The van der Waals surface area contributed by atoms with Crippen molar-refractivity contribution in [3.05, 3.63) is 60.2 Å². The van der Waals surface area contributed by atoms with E-state index in [1.54, 1.807) is 18.9 Å². The van der Waals surface area contributed by atoms with Crippen molar-refractivity contribution in [1.29, 1.82) is 0 Å². The Hall–Kier alpha value is -2.51. The molecule has 7 heteroatoms. The molecule has 34 heavy (non-hydrogen) atoms. The van der Waals surface area contributed by atoms with E-state index in [0.29, 0.717) is 11.8 Å². The van der Waals surface area contributed by atoms with Gasteiger partial charge in [-0.3, -0.25) is 0 Å². The number of para-hydroxylation sites is 1. The van der Waals surface area contributed by atoms with Crippen LogP contribution in [0.3, 0.4) is 0 Å². The van der Waals surface area contributed by atoms with Crippen LogP contribution in [0.1, 0.15) is 44.6 Å². The SMILES string of the molecule is C=N/N=C(\OCSCC)c1ccc(OCCCCCCCN(C)C)cc1.COc1ccccc1. The maximum atomic E-state index is 5.82. The molecule has 0 aliphatic heterocycles. The van der Waals surface area contributed by atoms with Gasteiger partial charge in [0.2, 0.25) is 5.90 Å². The third kappa shape index (κ3) is 14.6. The predicted molar refractivity (Wildman–Crippen MR) is 147 cm³/mol. The minimum Gasteiger partial charge on any atom is -0.497 e. The summed E-state index contributed by atoms with van der Waals surface area (Å²) in [6.07, 6.45) is 6.16. The first-order chi connectivity index (χ1) is 16.6. The fraction of sp³-hybridized carbons (Fsp3) is 0.481. The summed E-state index contributed by atoms with van der Waals surface area (Å²) in [5.74, 6) is 3.82. The Morgan fingerprint density at radius 2 is 1.59 bits per heavy atom. The lowest BCUT2D eigenvalue weighted by Crippen LogP contribution is -2.12. The lowest BCUT2D eigenvalue weighted by atomic mass is 10.1. The fourth-order valence-corrected chi connectivity index (χ4v) is 3.28. The molecule has 2 aromatic rings. The number of nitrogens with zero attached hydrogens (tertiary/aromatic N) is 3. The van der Waals surface area contributed by atoms with Gasteiger partial charge in [0.15, 0.2) is 0 Å². The van der Waals surface area contributed by atoms with Crippen molar-refractivity contribution < 1.29 is 14.2 Å². The van der Waals surface area contributed by atoms with Crippen molar-refractivity contribution in [2.24, 2.45) is 10.2 Å². The summed E-state index contributed by atoms with van der Waals surface area (Å²) >= 11 is 1.69. The maximum absolute atomic E-state index is 5.82. The fourth-order valence-electron chi connectivity index (χ4n) is 2.92. The second-order valence-electron chi connectivity index (χ2n) is 7.76. The van der Waals surface area contributed by atoms with Crippen LogP contribution in [0.25, 0.3) is 0 Å². The van der Waals surface area contributed by atoms with Crippen molar-refractivity contribution in [3.8, 4) is 11.5 Å². The first kappa shape index (κ1) is 29.5. The summed E-state index contributed by atoms with van der Waals surface area (Å²) < 4.78 is 16.4. The molecule has 0 aromatic heterocycles. The van der Waals surface area contributed by atoms with Gasteiger partial charge in [-0.25, -0.2) is 0 Å². The van der Waals surface area contributed by atoms with Crippen LogP contribution < -0.4 is 9.47 Å². The molecule has 2 rings (SSSR count). The molecule has 0 amide bonds. The molecule has 0 bridgehead atoms. The van der Waals surface area contributed by atoms with E-state index < -0.39 is 0 Å². The molecule has 0 unspecified atom stereocenters. The Labute approximate surface area is 210 Å². The molecule has 0 aliphatic rings. The Morgan fingerprint density at radius 3 is 2.18 bits per heavy atom. The van der Waals surface area contributed by atoms with Crippen molar-refractivity contribution in [2.75, 3.05) is 46.0 Å². The zero-order valence-corrected chi connectivity index (χ0v) is 22.1. The lowest BCUT2D eigenvalue weighted by Gasteiger charge is -2.10. The zero-order valence-electron chi connectivity index (χ0n) is 21.2. The van der Waals surface area contributed by atoms with Crippen LogP contribution in [-0.4, -0.2) is 63.6 Å². The van der Waals surface area contributed by atoms with Gasteiger partial charge in [0, 0.05) is 12.3 Å². The summed E-state index contributed by atoms with van der Waals surface area (Å²) in [6.45, 7) is 7.43. The highest BCUT2D eigenvalue weighted by molar-refractivity contribution is 7.99. The van der Waals surface area contributed by atoms with E-state index in [2.05, 4.69) is 42.8 Å². The van der Waals surface area contributed by atoms with Crippen molar-refractivity contribution in [1.82, 2.24) is 4.90 Å². The molecule has 0 radical (unpaired) electrons. The molecule has 0 aliphatic carbocycles. The maximum Gasteiger partial charge on any atom is 0.241 e. The third-order valence-corrected chi connectivity index (χ3v) is 5.44. The van der Waals surface area contributed by atoms with Crippen molar-refractivity contribution >= 4 is 24.4 Å². The monoisotopic (exact) mass is 487 g/mol. The number of unbranched alkanes of at least 4 members (excludes halogenated alkanes) is 4. The highest BCUT2D eigenvalue weighted by Gasteiger charge is 2.06. The van der Waals surface area contributed by atoms with Crippen molar-refractivity contribution in [3.63, 3.8) is 0 Å². The molecule has 6 nitrogen and oxygen atoms in total. The van der Waals surface area contributed by atoms with Gasteiger partial charge in [0.05, 0.1) is 13.7 Å². The Kier molecular flexibility index (Phi) is 17.3. The molecular formula is C27H41N3O3S. The number of methoxy groups -OCH3 is 1. The quantitative estimate of drug-likeness (QED) is 0.0961. The first-order valence-electron chi connectivity index (χ1n) is 11.8. The molecule has 0 heterocycles. The standard InChI is InChI=1S/C20H33N3O2S.C7H8O/c1-5-26-17-25-20(22-21-2)18-11-13-19(14-12-18)24-16-10-8-6-7-9-15-23(3)4;1-8-7-5-3-2-4-6-7/h11-14H,2,5-10,15-17H2,1,3-4H3;2-6H,1H3/b22-20-;. The van der Waals surface area contributed by atoms with Gasteiger partial charge in [-0.15, -0.1) is 16.9 Å². The van der Waals surface area contributed by atoms with Gasteiger partial charge in [-0.1, -0.05) is 44.4 Å². The van der Waals surface area contributed by atoms with E-state index in [0.717, 1.165) is 35.8 Å². The van der Waals surface area contributed by atoms with Crippen LogP contribution in [0.4, 0.5) is 0 Å². The summed E-state index contributed by atoms with van der Waals surface area (Å²) in [7, 11) is 5.91. The van der Waals surface area contributed by atoms with Gasteiger partial charge in [0.1, 0.15) is 17.4 Å². The molecule has 0 fully saturated rings. The second kappa shape index (κ2) is 19.9. The summed E-state index contributed by atoms with van der Waals surface area (Å²) in [5.41, 5.74) is 0.877. The van der Waals surface area contributed by atoms with E-state index in [-0.39, 0.29) is 0 Å². The molecule has 0 saturated heterocycles. The highest BCUT2D eigenvalue weighted by Crippen LogP contribution is 2.15. The average Bonchev–Trinajstić information content (AvgIpc) is 2.86. The number of ether oxygens (including phenoxy) is 3. The number of thioether (sulfide) groups is 1. The Bertz CT molecular complexity index is 783. The van der Waals surface area contributed by atoms with E-state index in [1.807, 2.05) is 54.6 Å². The topological polar surface area (TPSA) is 55.7 Å². The van der Waals surface area contributed by atoms with Crippen LogP contribution in [0, 0.1) is 0 Å². The molecule has 188 valence electrons. The minimum absolute atomic E-state index is 0.491. The van der Waals surface area contributed by atoms with Gasteiger partial charge in [-0.2, -0.15) is 5.10 Å². The molecular weight excluding hydrogens is 446 g/mol. The average molecular weight is 488 g/mol.